The van der Waals surface area contributed by atoms with E-state index >= 15 is 0 Å². The summed E-state index contributed by atoms with van der Waals surface area (Å²) < 4.78 is 5.50. The quantitative estimate of drug-likeness (QED) is 0.935. The number of hydrogen-bond donors (Lipinski definition) is 1. The molecule has 1 atom stereocenters. The van der Waals surface area contributed by atoms with E-state index in [9.17, 15) is 4.79 Å². The molecule has 0 aliphatic carbocycles. The molecule has 1 saturated heterocycles. The lowest BCUT2D eigenvalue weighted by Crippen LogP contribution is -2.48. The molecule has 0 saturated carbocycles. The highest BCUT2D eigenvalue weighted by Gasteiger charge is 2.42. The van der Waals surface area contributed by atoms with Gasteiger partial charge in [0, 0.05) is 18.1 Å². The smallest absolute Gasteiger partial charge is 0.231 e. The van der Waals surface area contributed by atoms with Crippen molar-refractivity contribution in [3.05, 3.63) is 58.3 Å². The molecular weight excluding hydrogens is 294 g/mol. The number of nitrogens with one attached hydrogen (secondary N) is 1. The third kappa shape index (κ3) is 2.94. The largest absolute Gasteiger partial charge is 0.381 e. The van der Waals surface area contributed by atoms with E-state index in [1.165, 1.54) is 4.88 Å². The van der Waals surface area contributed by atoms with E-state index in [1.807, 2.05) is 36.6 Å². The van der Waals surface area contributed by atoms with Crippen LogP contribution in [0.3, 0.4) is 0 Å². The summed E-state index contributed by atoms with van der Waals surface area (Å²) in [4.78, 5) is 14.2. The van der Waals surface area contributed by atoms with Gasteiger partial charge < -0.3 is 10.1 Å². The molecule has 1 amide bonds. The van der Waals surface area contributed by atoms with Crippen molar-refractivity contribution in [3.8, 4) is 0 Å². The van der Waals surface area contributed by atoms with Gasteiger partial charge in [-0.1, -0.05) is 36.4 Å². The van der Waals surface area contributed by atoms with Gasteiger partial charge in [-0.2, -0.15) is 0 Å². The van der Waals surface area contributed by atoms with E-state index in [0.717, 1.165) is 18.4 Å². The van der Waals surface area contributed by atoms with Crippen LogP contribution in [-0.2, 0) is 14.9 Å². The zero-order chi connectivity index (χ0) is 15.4. The highest BCUT2D eigenvalue weighted by Crippen LogP contribution is 2.36. The summed E-state index contributed by atoms with van der Waals surface area (Å²) in [5.41, 5.74) is 0.625. The van der Waals surface area contributed by atoms with E-state index < -0.39 is 5.41 Å². The molecule has 0 radical (unpaired) electrons. The van der Waals surface area contributed by atoms with Gasteiger partial charge in [0.25, 0.3) is 0 Å². The molecule has 0 spiro atoms. The predicted molar refractivity (Wildman–Crippen MR) is 89.0 cm³/mol. The fraction of sp³-hybridized carbons (Fsp3) is 0.389. The zero-order valence-corrected chi connectivity index (χ0v) is 13.6. The molecule has 1 fully saturated rings. The van der Waals surface area contributed by atoms with Gasteiger partial charge in [-0.05, 0) is 36.8 Å². The van der Waals surface area contributed by atoms with Gasteiger partial charge in [-0.3, -0.25) is 4.79 Å². The number of hydrogen-bond acceptors (Lipinski definition) is 3. The summed E-state index contributed by atoms with van der Waals surface area (Å²) in [5, 5.41) is 5.25. The molecule has 2 heterocycles. The molecule has 116 valence electrons. The van der Waals surface area contributed by atoms with E-state index in [-0.39, 0.29) is 11.9 Å². The normalized spacial score (nSPS) is 18.6. The van der Waals surface area contributed by atoms with Crippen LogP contribution in [0.15, 0.2) is 47.8 Å². The molecule has 1 aliphatic heterocycles. The Hall–Kier alpha value is -1.65. The van der Waals surface area contributed by atoms with Gasteiger partial charge in [0.2, 0.25) is 5.91 Å². The Morgan fingerprint density at radius 2 is 1.91 bits per heavy atom. The highest BCUT2D eigenvalue weighted by molar-refractivity contribution is 7.10. The van der Waals surface area contributed by atoms with Crippen LogP contribution in [0.1, 0.15) is 36.2 Å². The van der Waals surface area contributed by atoms with Crippen molar-refractivity contribution in [1.29, 1.82) is 0 Å². The third-order valence-corrected chi connectivity index (χ3v) is 5.48. The Morgan fingerprint density at radius 3 is 2.55 bits per heavy atom. The lowest BCUT2D eigenvalue weighted by atomic mass is 9.73. The van der Waals surface area contributed by atoms with Crippen molar-refractivity contribution in [2.24, 2.45) is 0 Å². The molecule has 3 rings (SSSR count). The van der Waals surface area contributed by atoms with E-state index in [4.69, 9.17) is 4.74 Å². The van der Waals surface area contributed by atoms with Crippen LogP contribution in [0, 0.1) is 0 Å². The summed E-state index contributed by atoms with van der Waals surface area (Å²) in [6, 6.07) is 14.2. The van der Waals surface area contributed by atoms with Gasteiger partial charge >= 0.3 is 0 Å². The van der Waals surface area contributed by atoms with Crippen LogP contribution in [0.2, 0.25) is 0 Å². The van der Waals surface area contributed by atoms with Crippen molar-refractivity contribution in [2.75, 3.05) is 13.2 Å². The fourth-order valence-electron chi connectivity index (χ4n) is 3.07. The van der Waals surface area contributed by atoms with E-state index in [2.05, 4.69) is 23.5 Å². The topological polar surface area (TPSA) is 38.3 Å². The van der Waals surface area contributed by atoms with Gasteiger partial charge in [0.05, 0.1) is 11.5 Å². The molecule has 4 heteroatoms. The van der Waals surface area contributed by atoms with E-state index in [1.54, 1.807) is 11.3 Å². The Morgan fingerprint density at radius 1 is 1.18 bits per heavy atom. The van der Waals surface area contributed by atoms with Crippen molar-refractivity contribution in [2.45, 2.75) is 31.2 Å². The average molecular weight is 315 g/mol. The number of thiophene rings is 1. The first kappa shape index (κ1) is 15.3. The number of ether oxygens (including phenoxy) is 1. The first-order valence-electron chi connectivity index (χ1n) is 7.70. The maximum absolute atomic E-state index is 13.1. The average Bonchev–Trinajstić information content (AvgIpc) is 3.11. The van der Waals surface area contributed by atoms with Crippen molar-refractivity contribution >= 4 is 17.2 Å². The molecule has 3 nitrogen and oxygen atoms in total. The lowest BCUT2D eigenvalue weighted by molar-refractivity contribution is -0.131. The van der Waals surface area contributed by atoms with Crippen LogP contribution in [0.25, 0.3) is 0 Å². The zero-order valence-electron chi connectivity index (χ0n) is 12.7. The Kier molecular flexibility index (Phi) is 4.60. The van der Waals surface area contributed by atoms with Crippen LogP contribution in [0.5, 0.6) is 0 Å². The van der Waals surface area contributed by atoms with Crippen LogP contribution < -0.4 is 5.32 Å². The second-order valence-electron chi connectivity index (χ2n) is 5.77. The van der Waals surface area contributed by atoms with Crippen LogP contribution >= 0.6 is 11.3 Å². The lowest BCUT2D eigenvalue weighted by Gasteiger charge is -2.37. The Balaban J connectivity index is 1.84. The molecule has 1 aromatic carbocycles. The first-order valence-corrected chi connectivity index (χ1v) is 8.58. The van der Waals surface area contributed by atoms with Crippen LogP contribution in [0.4, 0.5) is 0 Å². The van der Waals surface area contributed by atoms with Gasteiger partial charge in [0.1, 0.15) is 0 Å². The summed E-state index contributed by atoms with van der Waals surface area (Å²) in [7, 11) is 0. The summed E-state index contributed by atoms with van der Waals surface area (Å²) in [5.74, 6) is 0.114. The molecule has 1 N–H and O–H groups in total. The minimum Gasteiger partial charge on any atom is -0.381 e. The SMILES string of the molecule is C[C@@H](NC(=O)C1(c2ccccc2)CCOCC1)c1cccs1. The van der Waals surface area contributed by atoms with Gasteiger partial charge in [0.15, 0.2) is 0 Å². The van der Waals surface area contributed by atoms with Crippen molar-refractivity contribution in [3.63, 3.8) is 0 Å². The standard InChI is InChI=1S/C18H21NO2S/c1-14(16-8-5-13-22-16)19-17(20)18(9-11-21-12-10-18)15-6-3-2-4-7-15/h2-8,13-14H,9-12H2,1H3,(H,19,20)/t14-/m1/s1. The second-order valence-corrected chi connectivity index (χ2v) is 6.75. The number of rotatable bonds is 4. The van der Waals surface area contributed by atoms with Crippen molar-refractivity contribution in [1.82, 2.24) is 5.32 Å². The number of benzene rings is 1. The third-order valence-electron chi connectivity index (χ3n) is 4.42. The maximum atomic E-state index is 13.1. The molecule has 1 aromatic heterocycles. The van der Waals surface area contributed by atoms with Crippen molar-refractivity contribution < 1.29 is 9.53 Å². The molecular formula is C18H21NO2S. The Bertz CT molecular complexity index is 603. The monoisotopic (exact) mass is 315 g/mol. The van der Waals surface area contributed by atoms with E-state index in [0.29, 0.717) is 13.2 Å². The molecule has 22 heavy (non-hydrogen) atoms. The number of carbonyl (C=O) groups excluding carboxylic acids is 1. The minimum absolute atomic E-state index is 0.0379. The number of carbonyl (C=O) groups is 1. The highest BCUT2D eigenvalue weighted by atomic mass is 32.1. The Labute approximate surface area is 135 Å². The predicted octanol–water partition coefficient (Wildman–Crippen LogP) is 3.67. The summed E-state index contributed by atoms with van der Waals surface area (Å²) in [6.45, 7) is 3.31. The summed E-state index contributed by atoms with van der Waals surface area (Å²) in [6.07, 6.45) is 1.47. The first-order chi connectivity index (χ1) is 10.7. The molecule has 0 unspecified atom stereocenters. The molecule has 1 aliphatic rings. The fourth-order valence-corrected chi connectivity index (χ4v) is 3.80. The second kappa shape index (κ2) is 6.63. The maximum Gasteiger partial charge on any atom is 0.231 e. The summed E-state index contributed by atoms with van der Waals surface area (Å²) >= 11 is 1.67. The van der Waals surface area contributed by atoms with Gasteiger partial charge in [-0.15, -0.1) is 11.3 Å². The van der Waals surface area contributed by atoms with Crippen LogP contribution in [-0.4, -0.2) is 19.1 Å². The molecule has 0 bridgehead atoms. The minimum atomic E-state index is -0.467. The molecule has 2 aromatic rings. The number of amides is 1. The van der Waals surface area contributed by atoms with Gasteiger partial charge in [-0.25, -0.2) is 0 Å².